The van der Waals surface area contributed by atoms with Crippen molar-refractivity contribution in [1.29, 1.82) is 0 Å². The lowest BCUT2D eigenvalue weighted by molar-refractivity contribution is -0.118. The van der Waals surface area contributed by atoms with Gasteiger partial charge in [-0.05, 0) is 31.0 Å². The number of benzene rings is 1. The van der Waals surface area contributed by atoms with E-state index in [0.717, 1.165) is 23.5 Å². The van der Waals surface area contributed by atoms with Crippen molar-refractivity contribution in [1.82, 2.24) is 0 Å². The van der Waals surface area contributed by atoms with Crippen LogP contribution in [0.15, 0.2) is 18.2 Å². The quantitative estimate of drug-likeness (QED) is 0.709. The molecule has 0 saturated heterocycles. The van der Waals surface area contributed by atoms with Crippen molar-refractivity contribution < 1.29 is 14.3 Å². The number of carbonyl (C=O) groups is 1. The summed E-state index contributed by atoms with van der Waals surface area (Å²) in [6.45, 7) is 7.15. The maximum Gasteiger partial charge on any atom is 0.161 e. The number of ketones is 1. The molecule has 0 fully saturated rings. The minimum atomic E-state index is 0.236. The van der Waals surface area contributed by atoms with Crippen molar-refractivity contribution in [2.45, 2.75) is 40.0 Å². The van der Waals surface area contributed by atoms with Gasteiger partial charge in [-0.15, -0.1) is 0 Å². The van der Waals surface area contributed by atoms with Gasteiger partial charge in [0.25, 0.3) is 0 Å². The second-order valence-corrected chi connectivity index (χ2v) is 4.13. The first kappa shape index (κ1) is 14.6. The Morgan fingerprint density at radius 1 is 1.11 bits per heavy atom. The zero-order valence-corrected chi connectivity index (χ0v) is 11.5. The van der Waals surface area contributed by atoms with Crippen molar-refractivity contribution in [3.05, 3.63) is 23.8 Å². The third kappa shape index (κ3) is 4.40. The topological polar surface area (TPSA) is 35.5 Å². The summed E-state index contributed by atoms with van der Waals surface area (Å²) in [4.78, 5) is 11.4. The maximum atomic E-state index is 11.4. The monoisotopic (exact) mass is 250 g/mol. The first-order valence-corrected chi connectivity index (χ1v) is 6.61. The van der Waals surface area contributed by atoms with Gasteiger partial charge in [0, 0.05) is 12.8 Å². The fraction of sp³-hybridized carbons (Fsp3) is 0.533. The van der Waals surface area contributed by atoms with E-state index in [-0.39, 0.29) is 5.78 Å². The standard InChI is InChI=1S/C15H22O3/c1-4-9-18-14-8-7-12(10-13(16)5-2)11-15(14)17-6-3/h7-8,11H,4-6,9-10H2,1-3H3. The van der Waals surface area contributed by atoms with Gasteiger partial charge in [0.1, 0.15) is 5.78 Å². The average molecular weight is 250 g/mol. The Balaban J connectivity index is 2.84. The van der Waals surface area contributed by atoms with Crippen molar-refractivity contribution in [2.75, 3.05) is 13.2 Å². The largest absolute Gasteiger partial charge is 0.490 e. The van der Waals surface area contributed by atoms with Gasteiger partial charge < -0.3 is 9.47 Å². The molecule has 3 heteroatoms. The number of rotatable bonds is 8. The molecule has 1 aromatic carbocycles. The van der Waals surface area contributed by atoms with Gasteiger partial charge in [-0.2, -0.15) is 0 Å². The number of hydrogen-bond acceptors (Lipinski definition) is 3. The minimum Gasteiger partial charge on any atom is -0.490 e. The predicted molar refractivity (Wildman–Crippen MR) is 72.4 cm³/mol. The zero-order valence-electron chi connectivity index (χ0n) is 11.5. The highest BCUT2D eigenvalue weighted by Crippen LogP contribution is 2.29. The molecule has 0 unspecified atom stereocenters. The molecular formula is C15H22O3. The molecule has 0 heterocycles. The second kappa shape index (κ2) is 7.75. The zero-order chi connectivity index (χ0) is 13.4. The van der Waals surface area contributed by atoms with Crippen LogP contribution in [-0.2, 0) is 11.2 Å². The summed E-state index contributed by atoms with van der Waals surface area (Å²) in [5, 5.41) is 0. The lowest BCUT2D eigenvalue weighted by Crippen LogP contribution is -2.03. The highest BCUT2D eigenvalue weighted by atomic mass is 16.5. The van der Waals surface area contributed by atoms with E-state index in [4.69, 9.17) is 9.47 Å². The number of ether oxygens (including phenoxy) is 2. The predicted octanol–water partition coefficient (Wildman–Crippen LogP) is 3.40. The van der Waals surface area contributed by atoms with E-state index in [1.54, 1.807) is 0 Å². The third-order valence-corrected chi connectivity index (χ3v) is 2.57. The molecule has 3 nitrogen and oxygen atoms in total. The van der Waals surface area contributed by atoms with Gasteiger partial charge in [0.2, 0.25) is 0 Å². The third-order valence-electron chi connectivity index (χ3n) is 2.57. The molecule has 0 aliphatic rings. The first-order valence-electron chi connectivity index (χ1n) is 6.61. The molecule has 0 aromatic heterocycles. The van der Waals surface area contributed by atoms with E-state index < -0.39 is 0 Å². The Morgan fingerprint density at radius 3 is 2.50 bits per heavy atom. The van der Waals surface area contributed by atoms with Crippen molar-refractivity contribution in [2.24, 2.45) is 0 Å². The molecule has 0 atom stereocenters. The first-order chi connectivity index (χ1) is 8.71. The molecule has 0 bridgehead atoms. The van der Waals surface area contributed by atoms with Gasteiger partial charge in [0.05, 0.1) is 13.2 Å². The van der Waals surface area contributed by atoms with Crippen molar-refractivity contribution in [3.8, 4) is 11.5 Å². The number of hydrogen-bond donors (Lipinski definition) is 0. The van der Waals surface area contributed by atoms with E-state index in [2.05, 4.69) is 6.92 Å². The smallest absolute Gasteiger partial charge is 0.161 e. The summed E-state index contributed by atoms with van der Waals surface area (Å²) in [5.74, 6) is 1.72. The molecule has 18 heavy (non-hydrogen) atoms. The van der Waals surface area contributed by atoms with Gasteiger partial charge >= 0.3 is 0 Å². The molecule has 1 aromatic rings. The van der Waals surface area contributed by atoms with E-state index in [1.165, 1.54) is 0 Å². The maximum absolute atomic E-state index is 11.4. The Kier molecular flexibility index (Phi) is 6.26. The molecular weight excluding hydrogens is 228 g/mol. The highest BCUT2D eigenvalue weighted by Gasteiger charge is 2.08. The fourth-order valence-electron chi connectivity index (χ4n) is 1.61. The molecule has 0 N–H and O–H groups in total. The van der Waals surface area contributed by atoms with Crippen LogP contribution >= 0.6 is 0 Å². The summed E-state index contributed by atoms with van der Waals surface area (Å²) in [6.07, 6.45) is 1.99. The highest BCUT2D eigenvalue weighted by molar-refractivity contribution is 5.80. The van der Waals surface area contributed by atoms with E-state index >= 15 is 0 Å². The van der Waals surface area contributed by atoms with Crippen LogP contribution in [0.2, 0.25) is 0 Å². The second-order valence-electron chi connectivity index (χ2n) is 4.13. The van der Waals surface area contributed by atoms with Crippen LogP contribution < -0.4 is 9.47 Å². The van der Waals surface area contributed by atoms with Crippen LogP contribution in [0, 0.1) is 0 Å². The summed E-state index contributed by atoms with van der Waals surface area (Å²) in [6, 6.07) is 5.72. The van der Waals surface area contributed by atoms with Crippen LogP contribution in [0.5, 0.6) is 11.5 Å². The van der Waals surface area contributed by atoms with Gasteiger partial charge in [-0.1, -0.05) is 19.9 Å². The molecule has 100 valence electrons. The number of carbonyl (C=O) groups excluding carboxylic acids is 1. The van der Waals surface area contributed by atoms with Crippen LogP contribution in [0.25, 0.3) is 0 Å². The minimum absolute atomic E-state index is 0.236. The summed E-state index contributed by atoms with van der Waals surface area (Å²) < 4.78 is 11.2. The average Bonchev–Trinajstić information content (AvgIpc) is 2.38. The molecule has 0 saturated carbocycles. The van der Waals surface area contributed by atoms with Crippen molar-refractivity contribution >= 4 is 5.78 Å². The Bertz CT molecular complexity index is 385. The summed E-state index contributed by atoms with van der Waals surface area (Å²) in [5.41, 5.74) is 0.981. The fourth-order valence-corrected chi connectivity index (χ4v) is 1.61. The molecule has 0 spiro atoms. The molecule has 0 aliphatic heterocycles. The SMILES string of the molecule is CCCOc1ccc(CC(=O)CC)cc1OCC. The Labute approximate surface area is 109 Å². The van der Waals surface area contributed by atoms with E-state index in [0.29, 0.717) is 26.1 Å². The molecule has 0 aliphatic carbocycles. The normalized spacial score (nSPS) is 10.2. The number of Topliss-reactive ketones (excluding diaryl/α,β-unsaturated/α-hetero) is 1. The van der Waals surface area contributed by atoms with Crippen LogP contribution in [0.1, 0.15) is 39.2 Å². The molecule has 1 rings (SSSR count). The van der Waals surface area contributed by atoms with E-state index in [1.807, 2.05) is 32.0 Å². The van der Waals surface area contributed by atoms with Gasteiger partial charge in [0.15, 0.2) is 11.5 Å². The van der Waals surface area contributed by atoms with E-state index in [9.17, 15) is 4.79 Å². The van der Waals surface area contributed by atoms with Crippen LogP contribution in [0.3, 0.4) is 0 Å². The van der Waals surface area contributed by atoms with Crippen LogP contribution in [0.4, 0.5) is 0 Å². The summed E-state index contributed by atoms with van der Waals surface area (Å²) in [7, 11) is 0. The van der Waals surface area contributed by atoms with Gasteiger partial charge in [-0.3, -0.25) is 4.79 Å². The molecule has 0 amide bonds. The Hall–Kier alpha value is -1.51. The molecule has 0 radical (unpaired) electrons. The van der Waals surface area contributed by atoms with Crippen molar-refractivity contribution in [3.63, 3.8) is 0 Å². The van der Waals surface area contributed by atoms with Gasteiger partial charge in [-0.25, -0.2) is 0 Å². The lowest BCUT2D eigenvalue weighted by Gasteiger charge is -2.12. The van der Waals surface area contributed by atoms with Crippen LogP contribution in [-0.4, -0.2) is 19.0 Å². The lowest BCUT2D eigenvalue weighted by atomic mass is 10.1. The Morgan fingerprint density at radius 2 is 1.89 bits per heavy atom. The summed E-state index contributed by atoms with van der Waals surface area (Å²) >= 11 is 0.